The monoisotopic (exact) mass is 264 g/mol. The normalized spacial score (nSPS) is 10.3. The number of aromatic carboxylic acids is 1. The summed E-state index contributed by atoms with van der Waals surface area (Å²) in [5.41, 5.74) is 0.216. The lowest BCUT2D eigenvalue weighted by atomic mass is 10.0. The van der Waals surface area contributed by atoms with Gasteiger partial charge in [-0.25, -0.2) is 13.6 Å². The summed E-state index contributed by atoms with van der Waals surface area (Å²) in [6.45, 7) is 0. The average molecular weight is 264 g/mol. The molecule has 2 rings (SSSR count). The Morgan fingerprint density at radius 1 is 1.11 bits per heavy atom. The molecule has 0 atom stereocenters. The molecule has 0 amide bonds. The van der Waals surface area contributed by atoms with E-state index in [-0.39, 0.29) is 22.4 Å². The zero-order valence-electron chi connectivity index (χ0n) is 9.98. The Morgan fingerprint density at radius 3 is 2.42 bits per heavy atom. The van der Waals surface area contributed by atoms with Gasteiger partial charge in [-0.2, -0.15) is 0 Å². The summed E-state index contributed by atoms with van der Waals surface area (Å²) in [6, 6.07) is 7.28. The molecule has 98 valence electrons. The van der Waals surface area contributed by atoms with Gasteiger partial charge < -0.3 is 9.84 Å². The molecule has 0 radical (unpaired) electrons. The number of hydrogen-bond acceptors (Lipinski definition) is 2. The van der Waals surface area contributed by atoms with E-state index in [2.05, 4.69) is 0 Å². The molecule has 2 aromatic carbocycles. The molecule has 5 heteroatoms. The van der Waals surface area contributed by atoms with E-state index in [1.54, 1.807) is 0 Å². The van der Waals surface area contributed by atoms with Gasteiger partial charge in [0.15, 0.2) is 11.6 Å². The fraction of sp³-hybridized carbons (Fsp3) is 0.0714. The number of carboxylic acids is 1. The molecule has 0 aromatic heterocycles. The van der Waals surface area contributed by atoms with E-state index in [4.69, 9.17) is 9.84 Å². The van der Waals surface area contributed by atoms with Crippen molar-refractivity contribution in [1.82, 2.24) is 0 Å². The Labute approximate surface area is 108 Å². The first kappa shape index (κ1) is 13.0. The van der Waals surface area contributed by atoms with Crippen LogP contribution in [0.5, 0.6) is 5.75 Å². The second kappa shape index (κ2) is 5.06. The third-order valence-electron chi connectivity index (χ3n) is 2.68. The van der Waals surface area contributed by atoms with Crippen molar-refractivity contribution in [3.8, 4) is 16.9 Å². The molecule has 0 aliphatic carbocycles. The van der Waals surface area contributed by atoms with Gasteiger partial charge in [-0.1, -0.05) is 6.07 Å². The maximum Gasteiger partial charge on any atom is 0.335 e. The van der Waals surface area contributed by atoms with Gasteiger partial charge in [0.1, 0.15) is 5.82 Å². The fourth-order valence-corrected chi connectivity index (χ4v) is 1.71. The Hall–Kier alpha value is -2.43. The second-order valence-corrected chi connectivity index (χ2v) is 3.85. The predicted molar refractivity (Wildman–Crippen MR) is 65.3 cm³/mol. The van der Waals surface area contributed by atoms with E-state index in [0.29, 0.717) is 0 Å². The Kier molecular flexibility index (Phi) is 3.46. The Bertz CT molecular complexity index is 639. The minimum Gasteiger partial charge on any atom is -0.494 e. The summed E-state index contributed by atoms with van der Waals surface area (Å²) in [4.78, 5) is 10.8. The standard InChI is InChI=1S/C14H10F2O3/c1-19-13-5-3-8(7-12(13)16)10-6-9(14(17)18)2-4-11(10)15/h2-7H,1H3,(H,17,18). The lowest BCUT2D eigenvalue weighted by molar-refractivity contribution is 0.0697. The first-order chi connectivity index (χ1) is 9.02. The first-order valence-corrected chi connectivity index (χ1v) is 5.39. The van der Waals surface area contributed by atoms with Crippen molar-refractivity contribution < 1.29 is 23.4 Å². The molecule has 0 unspecified atom stereocenters. The van der Waals surface area contributed by atoms with Gasteiger partial charge in [-0.05, 0) is 35.9 Å². The topological polar surface area (TPSA) is 46.5 Å². The van der Waals surface area contributed by atoms with Crippen LogP contribution in [0.2, 0.25) is 0 Å². The molecular formula is C14H10F2O3. The minimum absolute atomic E-state index is 0.0291. The summed E-state index contributed by atoms with van der Waals surface area (Å²) < 4.78 is 32.0. The minimum atomic E-state index is -1.17. The number of methoxy groups -OCH3 is 1. The summed E-state index contributed by atoms with van der Waals surface area (Å²) in [6.07, 6.45) is 0. The van der Waals surface area contributed by atoms with Gasteiger partial charge in [0.2, 0.25) is 0 Å². The number of hydrogen-bond donors (Lipinski definition) is 1. The van der Waals surface area contributed by atoms with Crippen LogP contribution in [0.1, 0.15) is 10.4 Å². The highest BCUT2D eigenvalue weighted by atomic mass is 19.1. The second-order valence-electron chi connectivity index (χ2n) is 3.85. The lowest BCUT2D eigenvalue weighted by Gasteiger charge is -2.07. The Morgan fingerprint density at radius 2 is 1.84 bits per heavy atom. The summed E-state index contributed by atoms with van der Waals surface area (Å²) >= 11 is 0. The van der Waals surface area contributed by atoms with Crippen LogP contribution in [0.25, 0.3) is 11.1 Å². The quantitative estimate of drug-likeness (QED) is 0.924. The molecule has 0 saturated heterocycles. The van der Waals surface area contributed by atoms with Gasteiger partial charge in [0.25, 0.3) is 0 Å². The summed E-state index contributed by atoms with van der Waals surface area (Å²) in [7, 11) is 1.32. The van der Waals surface area contributed by atoms with Crippen molar-refractivity contribution >= 4 is 5.97 Å². The third kappa shape index (κ3) is 2.54. The summed E-state index contributed by atoms with van der Waals surface area (Å²) in [5, 5.41) is 8.87. The molecular weight excluding hydrogens is 254 g/mol. The molecule has 0 bridgehead atoms. The van der Waals surface area contributed by atoms with Gasteiger partial charge >= 0.3 is 5.97 Å². The van der Waals surface area contributed by atoms with E-state index >= 15 is 0 Å². The molecule has 0 spiro atoms. The van der Waals surface area contributed by atoms with E-state index < -0.39 is 17.6 Å². The van der Waals surface area contributed by atoms with Crippen LogP contribution in [0.15, 0.2) is 36.4 Å². The van der Waals surface area contributed by atoms with E-state index in [0.717, 1.165) is 18.2 Å². The van der Waals surface area contributed by atoms with Gasteiger partial charge in [-0.3, -0.25) is 0 Å². The van der Waals surface area contributed by atoms with Crippen molar-refractivity contribution in [1.29, 1.82) is 0 Å². The number of halogens is 2. The fourth-order valence-electron chi connectivity index (χ4n) is 1.71. The van der Waals surface area contributed by atoms with Crippen LogP contribution >= 0.6 is 0 Å². The van der Waals surface area contributed by atoms with Crippen molar-refractivity contribution in [3.63, 3.8) is 0 Å². The molecule has 0 heterocycles. The molecule has 2 aromatic rings. The molecule has 1 N–H and O–H groups in total. The number of ether oxygens (including phenoxy) is 1. The van der Waals surface area contributed by atoms with Crippen LogP contribution in [-0.2, 0) is 0 Å². The molecule has 0 aliphatic heterocycles. The van der Waals surface area contributed by atoms with Gasteiger partial charge in [0.05, 0.1) is 12.7 Å². The molecule has 3 nitrogen and oxygen atoms in total. The van der Waals surface area contributed by atoms with Gasteiger partial charge in [-0.15, -0.1) is 0 Å². The lowest BCUT2D eigenvalue weighted by Crippen LogP contribution is -1.98. The first-order valence-electron chi connectivity index (χ1n) is 5.39. The number of benzene rings is 2. The zero-order valence-corrected chi connectivity index (χ0v) is 9.98. The van der Waals surface area contributed by atoms with E-state index in [1.807, 2.05) is 0 Å². The number of rotatable bonds is 3. The van der Waals surface area contributed by atoms with Crippen molar-refractivity contribution in [3.05, 3.63) is 53.6 Å². The van der Waals surface area contributed by atoms with Crippen LogP contribution in [0, 0.1) is 11.6 Å². The average Bonchev–Trinajstić information content (AvgIpc) is 2.38. The van der Waals surface area contributed by atoms with Crippen molar-refractivity contribution in [2.75, 3.05) is 7.11 Å². The van der Waals surface area contributed by atoms with Gasteiger partial charge in [0, 0.05) is 5.56 Å². The number of carboxylic acid groups (broad SMARTS) is 1. The van der Waals surface area contributed by atoms with Crippen LogP contribution in [0.4, 0.5) is 8.78 Å². The molecule has 0 saturated carbocycles. The SMILES string of the molecule is COc1ccc(-c2cc(C(=O)O)ccc2F)cc1F. The molecule has 0 fully saturated rings. The van der Waals surface area contributed by atoms with Crippen LogP contribution in [-0.4, -0.2) is 18.2 Å². The largest absolute Gasteiger partial charge is 0.494 e. The third-order valence-corrected chi connectivity index (χ3v) is 2.68. The van der Waals surface area contributed by atoms with E-state index in [9.17, 15) is 13.6 Å². The number of carbonyl (C=O) groups is 1. The molecule has 19 heavy (non-hydrogen) atoms. The maximum atomic E-state index is 13.7. The zero-order chi connectivity index (χ0) is 14.0. The Balaban J connectivity index is 2.54. The highest BCUT2D eigenvalue weighted by Crippen LogP contribution is 2.28. The summed E-state index contributed by atoms with van der Waals surface area (Å²) in [5.74, 6) is -2.39. The van der Waals surface area contributed by atoms with Crippen molar-refractivity contribution in [2.45, 2.75) is 0 Å². The smallest absolute Gasteiger partial charge is 0.335 e. The highest BCUT2D eigenvalue weighted by molar-refractivity contribution is 5.89. The molecule has 0 aliphatic rings. The van der Waals surface area contributed by atoms with E-state index in [1.165, 1.54) is 25.3 Å². The maximum absolute atomic E-state index is 13.7. The highest BCUT2D eigenvalue weighted by Gasteiger charge is 2.12. The van der Waals surface area contributed by atoms with Crippen LogP contribution < -0.4 is 4.74 Å². The van der Waals surface area contributed by atoms with Crippen molar-refractivity contribution in [2.24, 2.45) is 0 Å². The van der Waals surface area contributed by atoms with Crippen LogP contribution in [0.3, 0.4) is 0 Å². The predicted octanol–water partition coefficient (Wildman–Crippen LogP) is 3.34.